The van der Waals surface area contributed by atoms with E-state index in [1.807, 2.05) is 72.8 Å². The first-order chi connectivity index (χ1) is 18.0. The van der Waals surface area contributed by atoms with Crippen molar-refractivity contribution in [2.75, 3.05) is 24.9 Å². The number of ether oxygens (including phenoxy) is 2. The van der Waals surface area contributed by atoms with Gasteiger partial charge in [-0.3, -0.25) is 10.1 Å². The Bertz CT molecular complexity index is 1420. The quantitative estimate of drug-likeness (QED) is 0.305. The van der Waals surface area contributed by atoms with Crippen LogP contribution in [0.4, 0.5) is 11.9 Å². The van der Waals surface area contributed by atoms with Crippen LogP contribution in [0.25, 0.3) is 6.08 Å². The van der Waals surface area contributed by atoms with Gasteiger partial charge < -0.3 is 14.8 Å². The third kappa shape index (κ3) is 5.44. The van der Waals surface area contributed by atoms with E-state index in [1.165, 1.54) is 6.08 Å². The van der Waals surface area contributed by atoms with Gasteiger partial charge in [-0.15, -0.1) is 5.10 Å². The average Bonchev–Trinajstić information content (AvgIpc) is 3.34. The molecule has 1 amide bonds. The van der Waals surface area contributed by atoms with Gasteiger partial charge >= 0.3 is 0 Å². The van der Waals surface area contributed by atoms with E-state index in [4.69, 9.17) is 21.1 Å². The van der Waals surface area contributed by atoms with Crippen LogP contribution in [0.15, 0.2) is 78.9 Å². The first-order valence-corrected chi connectivity index (χ1v) is 12.2. The van der Waals surface area contributed by atoms with Gasteiger partial charge in [-0.2, -0.15) is 4.98 Å². The normalized spacial score (nSPS) is 16.6. The molecule has 1 aromatic heterocycles. The summed E-state index contributed by atoms with van der Waals surface area (Å²) in [5, 5.41) is 11.5. The van der Waals surface area contributed by atoms with E-state index in [0.717, 1.165) is 28.2 Å². The van der Waals surface area contributed by atoms with Crippen LogP contribution in [0.1, 0.15) is 35.2 Å². The minimum Gasteiger partial charge on any atom is -0.497 e. The minimum absolute atomic E-state index is 0.0394. The van der Waals surface area contributed by atoms with Crippen molar-refractivity contribution in [1.29, 1.82) is 0 Å². The van der Waals surface area contributed by atoms with Crippen molar-refractivity contribution >= 4 is 35.5 Å². The van der Waals surface area contributed by atoms with E-state index < -0.39 is 0 Å². The molecule has 0 fully saturated rings. The Labute approximate surface area is 219 Å². The Kier molecular flexibility index (Phi) is 7.09. The molecular formula is C28H26ClN5O3. The third-order valence-electron chi connectivity index (χ3n) is 6.24. The molecule has 4 aromatic rings. The lowest BCUT2D eigenvalue weighted by molar-refractivity contribution is -0.111. The van der Waals surface area contributed by atoms with Gasteiger partial charge in [0.1, 0.15) is 11.5 Å². The number of aromatic nitrogens is 3. The SMILES string of the molecule is COc1ccc(C=CC(=O)Nc2nc3n(n2)C(c2ccccc2OC)CC(c2ccc(Cl)cc2)N3)cc1. The maximum absolute atomic E-state index is 12.6. The highest BCUT2D eigenvalue weighted by Crippen LogP contribution is 2.41. The van der Waals surface area contributed by atoms with Gasteiger partial charge in [-0.05, 0) is 54.0 Å². The van der Waals surface area contributed by atoms with Crippen molar-refractivity contribution in [3.8, 4) is 11.5 Å². The number of nitrogens with one attached hydrogen (secondary N) is 2. The van der Waals surface area contributed by atoms with Crippen molar-refractivity contribution in [2.24, 2.45) is 0 Å². The Hall–Kier alpha value is -4.30. The second-order valence-electron chi connectivity index (χ2n) is 8.54. The van der Waals surface area contributed by atoms with E-state index in [1.54, 1.807) is 25.0 Å². The highest BCUT2D eigenvalue weighted by atomic mass is 35.5. The first kappa shape index (κ1) is 24.4. The number of carbonyl (C=O) groups excluding carboxylic acids is 1. The number of amides is 1. The molecular weight excluding hydrogens is 490 g/mol. The van der Waals surface area contributed by atoms with Crippen LogP contribution < -0.4 is 20.1 Å². The van der Waals surface area contributed by atoms with Crippen LogP contribution in [0.2, 0.25) is 5.02 Å². The maximum Gasteiger partial charge on any atom is 0.250 e. The standard InChI is InChI=1S/C28H26ClN5O3/c1-36-21-14-7-18(8-15-21)9-16-26(35)31-27-32-28-30-23(19-10-12-20(29)13-11-19)17-24(34(28)33-27)22-5-3-4-6-25(22)37-2/h3-16,23-24H,17H2,1-2H3,(H2,30,31,32,33,35). The number of carbonyl (C=O) groups is 1. The molecule has 2 heterocycles. The molecule has 2 atom stereocenters. The summed E-state index contributed by atoms with van der Waals surface area (Å²) >= 11 is 6.11. The van der Waals surface area contributed by atoms with Crippen LogP contribution in [0.5, 0.6) is 11.5 Å². The molecule has 2 unspecified atom stereocenters. The zero-order valence-electron chi connectivity index (χ0n) is 20.4. The molecule has 1 aliphatic heterocycles. The molecule has 2 N–H and O–H groups in total. The molecule has 0 radical (unpaired) electrons. The number of anilines is 2. The zero-order chi connectivity index (χ0) is 25.8. The minimum atomic E-state index is -0.332. The number of hydrogen-bond donors (Lipinski definition) is 2. The number of benzene rings is 3. The molecule has 0 saturated heterocycles. The molecule has 5 rings (SSSR count). The number of hydrogen-bond acceptors (Lipinski definition) is 6. The van der Waals surface area contributed by atoms with E-state index >= 15 is 0 Å². The summed E-state index contributed by atoms with van der Waals surface area (Å²) in [5.74, 6) is 1.95. The van der Waals surface area contributed by atoms with Crippen LogP contribution >= 0.6 is 11.6 Å². The number of fused-ring (bicyclic) bond motifs is 1. The number of nitrogens with zero attached hydrogens (tertiary/aromatic N) is 3. The van der Waals surface area contributed by atoms with Gasteiger partial charge in [0.25, 0.3) is 11.9 Å². The Balaban J connectivity index is 1.41. The summed E-state index contributed by atoms with van der Waals surface area (Å²) in [4.78, 5) is 17.2. The predicted molar refractivity (Wildman–Crippen MR) is 144 cm³/mol. The van der Waals surface area contributed by atoms with Crippen molar-refractivity contribution in [3.63, 3.8) is 0 Å². The van der Waals surface area contributed by atoms with E-state index in [-0.39, 0.29) is 23.9 Å². The van der Waals surface area contributed by atoms with Crippen molar-refractivity contribution in [1.82, 2.24) is 14.8 Å². The predicted octanol–water partition coefficient (Wildman–Crippen LogP) is 5.75. The van der Waals surface area contributed by atoms with Gasteiger partial charge in [0.05, 0.1) is 26.3 Å². The monoisotopic (exact) mass is 515 g/mol. The smallest absolute Gasteiger partial charge is 0.250 e. The van der Waals surface area contributed by atoms with Crippen LogP contribution in [-0.4, -0.2) is 34.9 Å². The lowest BCUT2D eigenvalue weighted by Crippen LogP contribution is -2.28. The molecule has 1 aliphatic rings. The summed E-state index contributed by atoms with van der Waals surface area (Å²) in [5.41, 5.74) is 2.93. The van der Waals surface area contributed by atoms with E-state index in [2.05, 4.69) is 20.7 Å². The average molecular weight is 516 g/mol. The Morgan fingerprint density at radius 3 is 2.54 bits per heavy atom. The molecule has 3 aromatic carbocycles. The third-order valence-corrected chi connectivity index (χ3v) is 6.49. The van der Waals surface area contributed by atoms with Gasteiger partial charge in [0.2, 0.25) is 5.95 Å². The van der Waals surface area contributed by atoms with Crippen molar-refractivity contribution < 1.29 is 14.3 Å². The Morgan fingerprint density at radius 1 is 1.05 bits per heavy atom. The second-order valence-corrected chi connectivity index (χ2v) is 8.98. The molecule has 37 heavy (non-hydrogen) atoms. The highest BCUT2D eigenvalue weighted by molar-refractivity contribution is 6.30. The van der Waals surface area contributed by atoms with Crippen LogP contribution in [-0.2, 0) is 4.79 Å². The lowest BCUT2D eigenvalue weighted by Gasteiger charge is -2.32. The molecule has 188 valence electrons. The zero-order valence-corrected chi connectivity index (χ0v) is 21.1. The first-order valence-electron chi connectivity index (χ1n) is 11.8. The molecule has 0 aliphatic carbocycles. The van der Waals surface area contributed by atoms with Gasteiger partial charge in [-0.25, -0.2) is 4.68 Å². The number of rotatable bonds is 7. The lowest BCUT2D eigenvalue weighted by atomic mass is 9.93. The van der Waals surface area contributed by atoms with Crippen molar-refractivity contribution in [3.05, 3.63) is 101 Å². The fourth-order valence-corrected chi connectivity index (χ4v) is 4.51. The van der Waals surface area contributed by atoms with Gasteiger partial charge in [0.15, 0.2) is 0 Å². The summed E-state index contributed by atoms with van der Waals surface area (Å²) in [6.07, 6.45) is 3.86. The summed E-state index contributed by atoms with van der Waals surface area (Å²) in [6, 6.07) is 22.8. The summed E-state index contributed by atoms with van der Waals surface area (Å²) < 4.78 is 12.6. The fraction of sp³-hybridized carbons (Fsp3) is 0.179. The van der Waals surface area contributed by atoms with Crippen molar-refractivity contribution in [2.45, 2.75) is 18.5 Å². The van der Waals surface area contributed by atoms with Crippen LogP contribution in [0.3, 0.4) is 0 Å². The fourth-order valence-electron chi connectivity index (χ4n) is 4.38. The summed E-state index contributed by atoms with van der Waals surface area (Å²) in [6.45, 7) is 0. The number of methoxy groups -OCH3 is 2. The van der Waals surface area contributed by atoms with Crippen LogP contribution in [0, 0.1) is 0 Å². The summed E-state index contributed by atoms with van der Waals surface area (Å²) in [7, 11) is 3.26. The molecule has 0 spiro atoms. The Morgan fingerprint density at radius 2 is 1.81 bits per heavy atom. The number of para-hydroxylation sites is 1. The maximum atomic E-state index is 12.6. The number of halogens is 1. The molecule has 0 saturated carbocycles. The molecule has 9 heteroatoms. The molecule has 0 bridgehead atoms. The van der Waals surface area contributed by atoms with Gasteiger partial charge in [-0.1, -0.05) is 54.1 Å². The topological polar surface area (TPSA) is 90.3 Å². The highest BCUT2D eigenvalue weighted by Gasteiger charge is 2.32. The largest absolute Gasteiger partial charge is 0.497 e. The molecule has 8 nitrogen and oxygen atoms in total. The van der Waals surface area contributed by atoms with E-state index in [9.17, 15) is 4.79 Å². The van der Waals surface area contributed by atoms with Gasteiger partial charge in [0, 0.05) is 16.7 Å². The van der Waals surface area contributed by atoms with E-state index in [0.29, 0.717) is 17.4 Å². The second kappa shape index (κ2) is 10.8.